The first-order chi connectivity index (χ1) is 12.5. The zero-order valence-electron chi connectivity index (χ0n) is 14.1. The molecule has 1 fully saturated rings. The van der Waals surface area contributed by atoms with Gasteiger partial charge in [0.2, 0.25) is 15.9 Å². The second kappa shape index (κ2) is 8.09. The minimum Gasteiger partial charge on any atom is -0.473 e. The van der Waals surface area contributed by atoms with Crippen LogP contribution in [0.2, 0.25) is 0 Å². The van der Waals surface area contributed by atoms with Crippen LogP contribution in [-0.4, -0.2) is 60.8 Å². The highest BCUT2D eigenvalue weighted by atomic mass is 32.2. The molecule has 0 amide bonds. The van der Waals surface area contributed by atoms with Gasteiger partial charge in [0.1, 0.15) is 11.5 Å². The highest BCUT2D eigenvalue weighted by Gasteiger charge is 2.55. The monoisotopic (exact) mass is 413 g/mol. The lowest BCUT2D eigenvalue weighted by molar-refractivity contribution is -0.270. The van der Waals surface area contributed by atoms with Crippen LogP contribution in [0.5, 0.6) is 5.88 Å². The summed E-state index contributed by atoms with van der Waals surface area (Å²) >= 11 is 0. The van der Waals surface area contributed by atoms with Crippen LogP contribution < -0.4 is 10.5 Å². The topological polar surface area (TPSA) is 106 Å². The number of nitrogens with two attached hydrogens (primary N) is 1. The molecule has 1 saturated heterocycles. The maximum absolute atomic E-state index is 12.8. The molecule has 0 bridgehead atoms. The number of aliphatic hydroxyl groups is 1. The van der Waals surface area contributed by atoms with Crippen molar-refractivity contribution >= 4 is 10.0 Å². The van der Waals surface area contributed by atoms with E-state index in [1.807, 2.05) is 0 Å². The van der Waals surface area contributed by atoms with Gasteiger partial charge in [-0.05, 0) is 18.9 Å². The lowest BCUT2D eigenvalue weighted by Gasteiger charge is -2.38. The molecule has 1 aromatic heterocycles. The summed E-state index contributed by atoms with van der Waals surface area (Å²) < 4.78 is 81.9. The molecule has 0 atom stereocenters. The summed E-state index contributed by atoms with van der Waals surface area (Å²) in [6, 6.07) is 2.43. The molecule has 27 heavy (non-hydrogen) atoms. The van der Waals surface area contributed by atoms with Gasteiger partial charge in [0.05, 0.1) is 12.5 Å². The first kappa shape index (κ1) is 21.5. The number of aromatic nitrogens is 1. The average molecular weight is 413 g/mol. The molecule has 0 aliphatic carbocycles. The Labute approximate surface area is 153 Å². The van der Waals surface area contributed by atoms with E-state index in [1.54, 1.807) is 0 Å². The summed E-state index contributed by atoms with van der Waals surface area (Å²) in [5.41, 5.74) is 2.57. The summed E-state index contributed by atoms with van der Waals surface area (Å²) in [5, 5.41) is 9.63. The van der Waals surface area contributed by atoms with E-state index in [9.17, 15) is 31.1 Å². The van der Waals surface area contributed by atoms with Gasteiger partial charge in [0.15, 0.2) is 5.60 Å². The van der Waals surface area contributed by atoms with Crippen molar-refractivity contribution < 1.29 is 35.8 Å². The Morgan fingerprint density at radius 3 is 2.44 bits per heavy atom. The third-order valence-corrected chi connectivity index (χ3v) is 6.13. The Hall–Kier alpha value is -1.76. The molecule has 7 nitrogen and oxygen atoms in total. The number of nitrogens with zero attached hydrogens (tertiary/aromatic N) is 2. The van der Waals surface area contributed by atoms with Crippen LogP contribution in [0.25, 0.3) is 0 Å². The first-order valence-corrected chi connectivity index (χ1v) is 9.34. The molecule has 0 radical (unpaired) electrons. The van der Waals surface area contributed by atoms with Crippen LogP contribution in [0.15, 0.2) is 35.1 Å². The van der Waals surface area contributed by atoms with Crippen LogP contribution in [-0.2, 0) is 10.0 Å². The van der Waals surface area contributed by atoms with Crippen molar-refractivity contribution in [2.75, 3.05) is 26.2 Å². The number of piperidine rings is 1. The van der Waals surface area contributed by atoms with Crippen molar-refractivity contribution in [3.8, 4) is 5.88 Å². The van der Waals surface area contributed by atoms with Crippen molar-refractivity contribution in [3.05, 3.63) is 30.2 Å². The van der Waals surface area contributed by atoms with Gasteiger partial charge in [-0.2, -0.15) is 17.5 Å². The fourth-order valence-electron chi connectivity index (χ4n) is 2.44. The fraction of sp³-hybridized carbons (Fsp3) is 0.533. The summed E-state index contributed by atoms with van der Waals surface area (Å²) in [6.07, 6.45) is -5.02. The van der Waals surface area contributed by atoms with E-state index >= 15 is 0 Å². The van der Waals surface area contributed by atoms with Crippen LogP contribution in [0, 0.1) is 0 Å². The average Bonchev–Trinajstić information content (AvgIpc) is 2.62. The standard InChI is InChI=1S/C15H19F4N3O4S/c16-7-11(8-20)10-26-13-2-1-12(9-21-13)27(24,25)22-5-3-14(23,4-6-22)15(17,18)19/h1-2,7,9,23H,3-6,8,10,20H2. The number of pyridine rings is 1. The number of alkyl halides is 3. The maximum atomic E-state index is 12.8. The van der Waals surface area contributed by atoms with E-state index in [4.69, 9.17) is 10.5 Å². The number of ether oxygens (including phenoxy) is 1. The van der Waals surface area contributed by atoms with E-state index in [0.29, 0.717) is 6.33 Å². The smallest absolute Gasteiger partial charge is 0.417 e. The Morgan fingerprint density at radius 2 is 2.00 bits per heavy atom. The largest absolute Gasteiger partial charge is 0.473 e. The van der Waals surface area contributed by atoms with Crippen LogP contribution in [0.4, 0.5) is 17.6 Å². The quantitative estimate of drug-likeness (QED) is 0.682. The zero-order chi connectivity index (χ0) is 20.3. The molecular weight excluding hydrogens is 394 g/mol. The van der Waals surface area contributed by atoms with Crippen molar-refractivity contribution in [3.63, 3.8) is 0 Å². The minimum atomic E-state index is -4.82. The second-order valence-corrected chi connectivity index (χ2v) is 7.96. The van der Waals surface area contributed by atoms with Gasteiger partial charge in [-0.1, -0.05) is 0 Å². The molecule has 152 valence electrons. The Morgan fingerprint density at radius 1 is 1.37 bits per heavy atom. The highest BCUT2D eigenvalue weighted by molar-refractivity contribution is 7.89. The molecule has 2 rings (SSSR count). The number of hydrogen-bond acceptors (Lipinski definition) is 6. The van der Waals surface area contributed by atoms with E-state index in [2.05, 4.69) is 4.98 Å². The van der Waals surface area contributed by atoms with E-state index in [-0.39, 0.29) is 29.5 Å². The van der Waals surface area contributed by atoms with Crippen molar-refractivity contribution in [1.82, 2.24) is 9.29 Å². The molecule has 1 aliphatic rings. The second-order valence-electron chi connectivity index (χ2n) is 6.03. The first-order valence-electron chi connectivity index (χ1n) is 7.90. The normalized spacial score (nSPS) is 19.1. The van der Waals surface area contributed by atoms with Gasteiger partial charge in [0, 0.05) is 31.3 Å². The third kappa shape index (κ3) is 4.75. The molecule has 2 heterocycles. The van der Waals surface area contributed by atoms with Crippen LogP contribution in [0.3, 0.4) is 0 Å². The highest BCUT2D eigenvalue weighted by Crippen LogP contribution is 2.39. The lowest BCUT2D eigenvalue weighted by Crippen LogP contribution is -2.54. The fourth-order valence-corrected chi connectivity index (χ4v) is 3.82. The zero-order valence-corrected chi connectivity index (χ0v) is 14.9. The van der Waals surface area contributed by atoms with Gasteiger partial charge in [0.25, 0.3) is 0 Å². The van der Waals surface area contributed by atoms with Crippen molar-refractivity contribution in [2.24, 2.45) is 5.73 Å². The Kier molecular flexibility index (Phi) is 6.45. The molecule has 0 spiro atoms. The maximum Gasteiger partial charge on any atom is 0.417 e. The molecule has 0 unspecified atom stereocenters. The third-order valence-electron chi connectivity index (χ3n) is 4.25. The number of hydrogen-bond donors (Lipinski definition) is 2. The van der Waals surface area contributed by atoms with E-state index in [1.165, 1.54) is 12.1 Å². The number of sulfonamides is 1. The van der Waals surface area contributed by atoms with Gasteiger partial charge in [-0.25, -0.2) is 17.8 Å². The molecule has 3 N–H and O–H groups in total. The SMILES string of the molecule is NCC(=CF)COc1ccc(S(=O)(=O)N2CCC(O)(C(F)(F)F)CC2)cn1. The molecule has 12 heteroatoms. The molecule has 1 aromatic rings. The van der Waals surface area contributed by atoms with E-state index < -0.39 is 47.7 Å². The summed E-state index contributed by atoms with van der Waals surface area (Å²) in [6.45, 7) is -1.16. The predicted molar refractivity (Wildman–Crippen MR) is 87.0 cm³/mol. The summed E-state index contributed by atoms with van der Waals surface area (Å²) in [7, 11) is -4.07. The number of halogens is 4. The van der Waals surface area contributed by atoms with Crippen molar-refractivity contribution in [2.45, 2.75) is 29.5 Å². The molecule has 1 aliphatic heterocycles. The van der Waals surface area contributed by atoms with Gasteiger partial charge < -0.3 is 15.6 Å². The van der Waals surface area contributed by atoms with Crippen LogP contribution in [0.1, 0.15) is 12.8 Å². The molecular formula is C15H19F4N3O4S. The van der Waals surface area contributed by atoms with Gasteiger partial charge >= 0.3 is 6.18 Å². The summed E-state index contributed by atoms with van der Waals surface area (Å²) in [4.78, 5) is 3.57. The van der Waals surface area contributed by atoms with Crippen molar-refractivity contribution in [1.29, 1.82) is 0 Å². The van der Waals surface area contributed by atoms with Gasteiger partial charge in [-0.15, -0.1) is 0 Å². The van der Waals surface area contributed by atoms with E-state index in [0.717, 1.165) is 10.5 Å². The Balaban J connectivity index is 2.05. The van der Waals surface area contributed by atoms with Crippen LogP contribution >= 0.6 is 0 Å². The summed E-state index contributed by atoms with van der Waals surface area (Å²) in [5.74, 6) is 0.0341. The predicted octanol–water partition coefficient (Wildman–Crippen LogP) is 1.35. The molecule has 0 saturated carbocycles. The lowest BCUT2D eigenvalue weighted by atomic mass is 9.92. The molecule has 0 aromatic carbocycles. The minimum absolute atomic E-state index is 0.0341. The number of rotatable bonds is 6. The van der Waals surface area contributed by atoms with Gasteiger partial charge in [-0.3, -0.25) is 0 Å². The Bertz CT molecular complexity index is 773.